The molecule has 27 heavy (non-hydrogen) atoms. The maximum Gasteiger partial charge on any atom is 0.257 e. The van der Waals surface area contributed by atoms with Gasteiger partial charge < -0.3 is 0 Å². The van der Waals surface area contributed by atoms with E-state index in [2.05, 4.69) is 22.4 Å². The Bertz CT molecular complexity index is 921. The molecule has 1 amide bonds. The molecule has 0 radical (unpaired) electrons. The van der Waals surface area contributed by atoms with Crippen LogP contribution in [0.1, 0.15) is 52.7 Å². The smallest absolute Gasteiger partial charge is 0.257 e. The normalized spacial score (nSPS) is 11.8. The lowest BCUT2D eigenvalue weighted by Gasteiger charge is -2.16. The average molecular weight is 411 g/mol. The fraction of sp³-hybridized carbons (Fsp3) is 0.500. The van der Waals surface area contributed by atoms with E-state index in [0.29, 0.717) is 10.7 Å². The zero-order valence-corrected chi connectivity index (χ0v) is 18.0. The number of hydrogen-bond donors (Lipinski definition) is 1. The van der Waals surface area contributed by atoms with E-state index in [-0.39, 0.29) is 10.5 Å². The van der Waals surface area contributed by atoms with Crippen LogP contribution in [0.4, 0.5) is 5.13 Å². The van der Waals surface area contributed by atoms with Crippen molar-refractivity contribution in [1.29, 1.82) is 0 Å². The van der Waals surface area contributed by atoms with Crippen LogP contribution in [0.2, 0.25) is 0 Å². The minimum atomic E-state index is -3.64. The summed E-state index contributed by atoms with van der Waals surface area (Å²) < 4.78 is 26.2. The Morgan fingerprint density at radius 3 is 2.52 bits per heavy atom. The lowest BCUT2D eigenvalue weighted by Crippen LogP contribution is -2.24. The number of anilines is 1. The number of rotatable bonds is 8. The predicted molar refractivity (Wildman–Crippen MR) is 108 cm³/mol. The molecule has 1 heterocycles. The molecule has 0 aliphatic carbocycles. The summed E-state index contributed by atoms with van der Waals surface area (Å²) >= 11 is 1.35. The predicted octanol–water partition coefficient (Wildman–Crippen LogP) is 3.39. The zero-order chi connectivity index (χ0) is 20.2. The number of hydrogen-bond acceptors (Lipinski definition) is 6. The van der Waals surface area contributed by atoms with Crippen LogP contribution in [0, 0.1) is 13.8 Å². The van der Waals surface area contributed by atoms with Gasteiger partial charge in [-0.25, -0.2) is 12.7 Å². The lowest BCUT2D eigenvalue weighted by atomic mass is 10.1. The van der Waals surface area contributed by atoms with Gasteiger partial charge in [0.15, 0.2) is 0 Å². The molecule has 0 bridgehead atoms. The Kier molecular flexibility index (Phi) is 7.07. The molecule has 1 N–H and O–H groups in total. The Morgan fingerprint density at radius 2 is 1.89 bits per heavy atom. The second-order valence-electron chi connectivity index (χ2n) is 6.62. The molecule has 148 valence electrons. The number of sulfonamides is 1. The van der Waals surface area contributed by atoms with Crippen LogP contribution < -0.4 is 5.32 Å². The second-order valence-corrected chi connectivity index (χ2v) is 9.80. The van der Waals surface area contributed by atoms with E-state index in [4.69, 9.17) is 0 Å². The summed E-state index contributed by atoms with van der Waals surface area (Å²) in [5.74, 6) is -0.399. The molecule has 2 rings (SSSR count). The summed E-state index contributed by atoms with van der Waals surface area (Å²) in [5.41, 5.74) is 1.65. The van der Waals surface area contributed by atoms with Crippen LogP contribution in [-0.4, -0.2) is 42.9 Å². The second kappa shape index (κ2) is 8.90. The summed E-state index contributed by atoms with van der Waals surface area (Å²) in [5, 5.41) is 12.1. The third-order valence-corrected chi connectivity index (χ3v) is 7.16. The number of aromatic nitrogens is 2. The van der Waals surface area contributed by atoms with Crippen molar-refractivity contribution in [2.24, 2.45) is 0 Å². The summed E-state index contributed by atoms with van der Waals surface area (Å²) in [4.78, 5) is 12.8. The van der Waals surface area contributed by atoms with Crippen LogP contribution in [0.5, 0.6) is 0 Å². The van der Waals surface area contributed by atoms with E-state index < -0.39 is 15.9 Å². The Hall–Kier alpha value is -1.84. The maximum atomic E-state index is 12.6. The number of unbranched alkanes of at least 4 members (excludes halogenated alkanes) is 2. The topological polar surface area (TPSA) is 92.3 Å². The Morgan fingerprint density at radius 1 is 1.19 bits per heavy atom. The van der Waals surface area contributed by atoms with Gasteiger partial charge in [-0.2, -0.15) is 0 Å². The minimum Gasteiger partial charge on any atom is -0.296 e. The summed E-state index contributed by atoms with van der Waals surface area (Å²) in [6.07, 6.45) is 4.15. The van der Waals surface area contributed by atoms with Crippen molar-refractivity contribution in [2.45, 2.75) is 51.3 Å². The van der Waals surface area contributed by atoms with Crippen molar-refractivity contribution < 1.29 is 13.2 Å². The molecule has 0 aliphatic rings. The van der Waals surface area contributed by atoms with Gasteiger partial charge in [-0.1, -0.05) is 31.1 Å². The van der Waals surface area contributed by atoms with Crippen molar-refractivity contribution in [3.63, 3.8) is 0 Å². The highest BCUT2D eigenvalue weighted by molar-refractivity contribution is 7.89. The van der Waals surface area contributed by atoms with Crippen molar-refractivity contribution in [2.75, 3.05) is 19.4 Å². The molecular weight excluding hydrogens is 384 g/mol. The van der Waals surface area contributed by atoms with Crippen LogP contribution in [0.15, 0.2) is 17.0 Å². The summed E-state index contributed by atoms with van der Waals surface area (Å²) in [7, 11) is -0.699. The van der Waals surface area contributed by atoms with Gasteiger partial charge in [0.1, 0.15) is 5.01 Å². The highest BCUT2D eigenvalue weighted by atomic mass is 32.2. The lowest BCUT2D eigenvalue weighted by molar-refractivity contribution is 0.102. The van der Waals surface area contributed by atoms with Gasteiger partial charge in [0.2, 0.25) is 15.2 Å². The first-order chi connectivity index (χ1) is 12.7. The standard InChI is InChI=1S/C18H26N4O3S2/c1-6-7-8-9-16-20-21-18(26-16)19-17(23)14-10-12(2)13(3)15(11-14)27(24,25)22(4)5/h10-11H,6-9H2,1-5H3,(H,19,21,23). The molecule has 0 saturated carbocycles. The fourth-order valence-electron chi connectivity index (χ4n) is 2.52. The minimum absolute atomic E-state index is 0.134. The summed E-state index contributed by atoms with van der Waals surface area (Å²) in [6, 6.07) is 3.10. The van der Waals surface area contributed by atoms with Gasteiger partial charge in [-0.05, 0) is 43.5 Å². The zero-order valence-electron chi connectivity index (χ0n) is 16.4. The van der Waals surface area contributed by atoms with Gasteiger partial charge >= 0.3 is 0 Å². The number of carbonyl (C=O) groups is 1. The van der Waals surface area contributed by atoms with E-state index in [1.54, 1.807) is 19.9 Å². The fourth-order valence-corrected chi connectivity index (χ4v) is 4.52. The first kappa shape index (κ1) is 21.5. The third kappa shape index (κ3) is 5.12. The SMILES string of the molecule is CCCCCc1nnc(NC(=O)c2cc(C)c(C)c(S(=O)(=O)N(C)C)c2)s1. The van der Waals surface area contributed by atoms with Gasteiger partial charge in [-0.15, -0.1) is 10.2 Å². The first-order valence-electron chi connectivity index (χ1n) is 8.84. The molecule has 0 unspecified atom stereocenters. The van der Waals surface area contributed by atoms with Crippen molar-refractivity contribution in [3.8, 4) is 0 Å². The highest BCUT2D eigenvalue weighted by Gasteiger charge is 2.23. The number of aryl methyl sites for hydroxylation is 2. The van der Waals surface area contributed by atoms with Gasteiger partial charge in [0, 0.05) is 26.1 Å². The van der Waals surface area contributed by atoms with Crippen LogP contribution >= 0.6 is 11.3 Å². The number of amides is 1. The summed E-state index contributed by atoms with van der Waals surface area (Å²) in [6.45, 7) is 5.67. The molecule has 9 heteroatoms. The number of nitrogens with zero attached hydrogens (tertiary/aromatic N) is 3. The molecule has 7 nitrogen and oxygen atoms in total. The number of nitrogens with one attached hydrogen (secondary N) is 1. The van der Waals surface area contributed by atoms with Crippen molar-refractivity contribution in [3.05, 3.63) is 33.8 Å². The average Bonchev–Trinajstić information content (AvgIpc) is 3.04. The van der Waals surface area contributed by atoms with Crippen LogP contribution in [0.3, 0.4) is 0 Å². The van der Waals surface area contributed by atoms with Crippen LogP contribution in [0.25, 0.3) is 0 Å². The molecule has 1 aromatic heterocycles. The molecule has 2 aromatic rings. The monoisotopic (exact) mass is 410 g/mol. The van der Waals surface area contributed by atoms with Gasteiger partial charge in [-0.3, -0.25) is 10.1 Å². The Labute approximate surface area is 164 Å². The largest absolute Gasteiger partial charge is 0.296 e. The molecule has 0 spiro atoms. The van der Waals surface area contributed by atoms with Gasteiger partial charge in [0.25, 0.3) is 5.91 Å². The highest BCUT2D eigenvalue weighted by Crippen LogP contribution is 2.24. The van der Waals surface area contributed by atoms with E-state index in [1.165, 1.54) is 31.5 Å². The molecule has 0 aliphatic heterocycles. The van der Waals surface area contributed by atoms with E-state index >= 15 is 0 Å². The Balaban J connectivity index is 2.23. The van der Waals surface area contributed by atoms with Crippen molar-refractivity contribution >= 4 is 32.4 Å². The third-order valence-electron chi connectivity index (χ3n) is 4.32. The quantitative estimate of drug-likeness (QED) is 0.674. The molecular formula is C18H26N4O3S2. The van der Waals surface area contributed by atoms with Gasteiger partial charge in [0.05, 0.1) is 4.90 Å². The first-order valence-corrected chi connectivity index (χ1v) is 11.1. The van der Waals surface area contributed by atoms with E-state index in [1.807, 2.05) is 0 Å². The van der Waals surface area contributed by atoms with E-state index in [0.717, 1.165) is 40.6 Å². The molecule has 0 saturated heterocycles. The maximum absolute atomic E-state index is 12.6. The van der Waals surface area contributed by atoms with Crippen LogP contribution in [-0.2, 0) is 16.4 Å². The molecule has 0 fully saturated rings. The van der Waals surface area contributed by atoms with E-state index in [9.17, 15) is 13.2 Å². The number of benzene rings is 1. The van der Waals surface area contributed by atoms with Crippen molar-refractivity contribution in [1.82, 2.24) is 14.5 Å². The molecule has 1 aromatic carbocycles. The molecule has 0 atom stereocenters. The number of carbonyl (C=O) groups excluding carboxylic acids is 1.